The molecule has 4 nitrogen and oxygen atoms in total. The van der Waals surface area contributed by atoms with Crippen molar-refractivity contribution in [3.8, 4) is 22.5 Å². The van der Waals surface area contributed by atoms with E-state index in [1.165, 1.54) is 4.90 Å². The summed E-state index contributed by atoms with van der Waals surface area (Å²) in [6, 6.07) is -25.0. The molecule has 13 aromatic rings. The van der Waals surface area contributed by atoms with E-state index in [0.29, 0.717) is 11.3 Å². The van der Waals surface area contributed by atoms with Crippen LogP contribution < -0.4 is 26.2 Å². The maximum Gasteiger partial charge on any atom is 0.252 e. The van der Waals surface area contributed by atoms with Gasteiger partial charge in [0, 0.05) is 70.2 Å². The number of nitrogens with zero attached hydrogens (tertiary/aromatic N) is 4. The van der Waals surface area contributed by atoms with Crippen molar-refractivity contribution in [3.05, 3.63) is 210 Å². The Morgan fingerprint density at radius 1 is 0.397 bits per heavy atom. The van der Waals surface area contributed by atoms with E-state index in [2.05, 4.69) is 0 Å². The molecule has 0 amide bonds. The highest BCUT2D eigenvalue weighted by atomic mass is 32.1. The van der Waals surface area contributed by atoms with Crippen LogP contribution in [0.1, 0.15) is 123 Å². The van der Waals surface area contributed by atoms with Gasteiger partial charge in [0.25, 0.3) is 6.71 Å². The summed E-state index contributed by atoms with van der Waals surface area (Å²) in [5.74, 6) is 0. The lowest BCUT2D eigenvalue weighted by atomic mass is 9.33. The van der Waals surface area contributed by atoms with Crippen LogP contribution in [0.5, 0.6) is 0 Å². The van der Waals surface area contributed by atoms with Crippen LogP contribution in [-0.2, 0) is 16.2 Å². The molecule has 6 heterocycles. The Kier molecular flexibility index (Phi) is 4.85. The lowest BCUT2D eigenvalue weighted by Crippen LogP contribution is -2.62. The molecular weight excluding hydrogens is 964 g/mol. The van der Waals surface area contributed by atoms with Crippen molar-refractivity contribution >= 4 is 132 Å². The molecule has 0 radical (unpaired) electrons. The van der Waals surface area contributed by atoms with Crippen LogP contribution in [0, 0.1) is 0 Å². The van der Waals surface area contributed by atoms with E-state index in [1.807, 2.05) is 0 Å². The summed E-state index contributed by atoms with van der Waals surface area (Å²) in [5, 5.41) is -1.82. The number of anilines is 6. The molecule has 376 valence electrons. The number of fused-ring (bicyclic) bond motifs is 15. The van der Waals surface area contributed by atoms with E-state index in [-0.39, 0.29) is 63.9 Å². The Balaban J connectivity index is 1.17. The third kappa shape index (κ3) is 6.29. The molecule has 0 saturated heterocycles. The van der Waals surface area contributed by atoms with Crippen molar-refractivity contribution in [1.82, 2.24) is 9.13 Å². The van der Waals surface area contributed by atoms with Crippen LogP contribution in [0.2, 0.25) is 0 Å². The van der Waals surface area contributed by atoms with Gasteiger partial charge in [-0.2, -0.15) is 0 Å². The zero-order valence-corrected chi connectivity index (χ0v) is 44.1. The number of benzene rings is 10. The summed E-state index contributed by atoms with van der Waals surface area (Å²) < 4.78 is 317. The van der Waals surface area contributed by atoms with Crippen molar-refractivity contribution in [1.29, 1.82) is 0 Å². The van der Waals surface area contributed by atoms with Gasteiger partial charge in [-0.15, -0.1) is 11.3 Å². The van der Waals surface area contributed by atoms with Gasteiger partial charge in [-0.3, -0.25) is 0 Å². The molecule has 0 fully saturated rings. The minimum absolute atomic E-state index is 0.00106. The Hall–Kier alpha value is -8.32. The summed E-state index contributed by atoms with van der Waals surface area (Å²) in [7, 11) is 0. The predicted octanol–water partition coefficient (Wildman–Crippen LogP) is 18.2. The minimum Gasteiger partial charge on any atom is -0.311 e. The number of para-hydroxylation sites is 3. The fourth-order valence-corrected chi connectivity index (χ4v) is 12.1. The highest BCUT2D eigenvalue weighted by molar-refractivity contribution is 7.26. The minimum atomic E-state index is -2.04. The molecule has 0 N–H and O–H groups in total. The van der Waals surface area contributed by atoms with E-state index < -0.39 is 306 Å². The zero-order chi connectivity index (χ0) is 80.7. The molecular formula is C72H59BN4S. The average molecular weight is 1060 g/mol. The first kappa shape index (κ1) is 24.1. The maximum absolute atomic E-state index is 11.3. The van der Waals surface area contributed by atoms with Crippen molar-refractivity contribution in [3.63, 3.8) is 0 Å². The van der Waals surface area contributed by atoms with Crippen LogP contribution in [0.15, 0.2) is 193 Å². The van der Waals surface area contributed by atoms with Gasteiger partial charge < -0.3 is 18.9 Å². The third-order valence-electron chi connectivity index (χ3n) is 14.9. The summed E-state index contributed by atoms with van der Waals surface area (Å²) >= 11 is 0.660. The van der Waals surface area contributed by atoms with E-state index in [0.717, 1.165) is 14.0 Å². The Bertz CT molecular complexity index is 6590. The molecule has 0 unspecified atom stereocenters. The van der Waals surface area contributed by atoms with E-state index in [1.54, 1.807) is 62.3 Å². The first-order valence-corrected chi connectivity index (χ1v) is 26.0. The molecule has 10 aromatic carbocycles. The standard InChI is InChI=1S/C72H59BN4S/c1-70(2,3)43-29-35-57-52(37-43)53-38-44(71(4,5)6)30-36-58(53)75(57)47-33-34-54-61(41-47)74(46-31-27-42(28-32-46)48-19-15-26-65-66(48)51-18-11-13-25-64(51)78-65)62-39-45(72(7,8)9)40-63-67(62)73(54)55-21-16-24-60-69(55)77(63)59-23-14-20-50-49-17-10-12-22-56(49)76(60)68(50)59/h10-41H,1-9H3/i10D,11D,12D,13D,14D,15D,16D,17D,18D,19D,20D,21D,22D,23D,24D,25D,26D,27D,28D,29D,30D,31D,32D,33D,34D,35D,36D,37D,38D,39D,40D,41D. The Labute approximate surface area is 505 Å². The molecule has 6 heteroatoms. The Morgan fingerprint density at radius 3 is 1.71 bits per heavy atom. The number of hydrogen-bond donors (Lipinski definition) is 0. The normalized spacial score (nSPS) is 19.6. The first-order valence-electron chi connectivity index (χ1n) is 41.2. The molecule has 0 atom stereocenters. The van der Waals surface area contributed by atoms with Gasteiger partial charge in [0.05, 0.1) is 83.0 Å². The van der Waals surface area contributed by atoms with Crippen molar-refractivity contribution in [2.45, 2.75) is 78.6 Å². The molecule has 3 aliphatic heterocycles. The van der Waals surface area contributed by atoms with Gasteiger partial charge in [0.2, 0.25) is 0 Å². The maximum atomic E-state index is 11.3. The van der Waals surface area contributed by atoms with E-state index in [4.69, 9.17) is 9.60 Å². The summed E-state index contributed by atoms with van der Waals surface area (Å²) in [4.78, 5) is 2.06. The van der Waals surface area contributed by atoms with Gasteiger partial charge >= 0.3 is 0 Å². The smallest absolute Gasteiger partial charge is 0.252 e. The quantitative estimate of drug-likeness (QED) is 0.164. The number of thiophene rings is 1. The van der Waals surface area contributed by atoms with E-state index >= 15 is 0 Å². The van der Waals surface area contributed by atoms with Crippen LogP contribution in [0.3, 0.4) is 0 Å². The zero-order valence-electron chi connectivity index (χ0n) is 75.3. The molecule has 16 rings (SSSR count). The highest BCUT2D eigenvalue weighted by Gasteiger charge is 2.47. The molecule has 0 saturated carbocycles. The summed E-state index contributed by atoms with van der Waals surface area (Å²) in [6.07, 6.45) is 0. The largest absolute Gasteiger partial charge is 0.311 e. The van der Waals surface area contributed by atoms with Gasteiger partial charge in [0.15, 0.2) is 0 Å². The number of hydrogen-bond acceptors (Lipinski definition) is 3. The van der Waals surface area contributed by atoms with Crippen LogP contribution in [0.25, 0.3) is 86.3 Å². The molecule has 3 aromatic heterocycles. The second-order valence-corrected chi connectivity index (χ2v) is 23.9. The molecule has 3 aliphatic rings. The fourth-order valence-electron chi connectivity index (χ4n) is 11.1. The van der Waals surface area contributed by atoms with Crippen LogP contribution in [0.4, 0.5) is 34.1 Å². The average Bonchev–Trinajstić information content (AvgIpc) is 0.968. The van der Waals surface area contributed by atoms with Gasteiger partial charge in [-0.1, -0.05) is 165 Å². The van der Waals surface area contributed by atoms with Gasteiger partial charge in [0.1, 0.15) is 0 Å². The second-order valence-electron chi connectivity index (χ2n) is 22.8. The highest BCUT2D eigenvalue weighted by Crippen LogP contribution is 2.54. The Morgan fingerprint density at radius 2 is 0.987 bits per heavy atom. The molecule has 0 bridgehead atoms. The molecule has 78 heavy (non-hydrogen) atoms. The van der Waals surface area contributed by atoms with E-state index in [9.17, 15) is 34.3 Å². The predicted molar refractivity (Wildman–Crippen MR) is 337 cm³/mol. The second kappa shape index (κ2) is 15.7. The number of aromatic nitrogens is 2. The van der Waals surface area contributed by atoms with Gasteiger partial charge in [-0.05, 0) is 151 Å². The van der Waals surface area contributed by atoms with Crippen molar-refractivity contribution in [2.24, 2.45) is 0 Å². The lowest BCUT2D eigenvalue weighted by molar-refractivity contribution is 0.590. The summed E-state index contributed by atoms with van der Waals surface area (Å²) in [5.41, 5.74) is -13.2. The molecule has 0 spiro atoms. The topological polar surface area (TPSA) is 16.3 Å². The van der Waals surface area contributed by atoms with Crippen LogP contribution >= 0.6 is 11.3 Å². The van der Waals surface area contributed by atoms with Gasteiger partial charge in [-0.25, -0.2) is 0 Å². The SMILES string of the molecule is [2H]c1c([2H])c2c3c(c1[2H])-n1c4c([2H])c([2H])c([2H])c([2H])c4c4c([2H])c([2H])c([2H])c(c41)N3c1c([2H])c(C(C)(C)C)c([2H])c3c1B2c1c([2H])c([2H])c(-n2c4c([2H])c([2H])c(C(C)(C)C)c([2H])c4c4c([2H])c(C(C)(C)C)c([2H])c([2H])c42)c([2H])c1N3c1c([2H])c([2H])c(-c2c([2H])c([2H])c([2H])c3sc4c([2H])c([2H])c([2H])c([2H])c4c23)c([2H])c1[2H]. The lowest BCUT2D eigenvalue weighted by Gasteiger charge is -2.47. The van der Waals surface area contributed by atoms with Crippen molar-refractivity contribution < 1.29 is 43.9 Å². The number of rotatable bonds is 3. The van der Waals surface area contributed by atoms with Crippen molar-refractivity contribution in [2.75, 3.05) is 9.80 Å². The first-order chi connectivity index (χ1) is 51.0. The monoisotopic (exact) mass is 1050 g/mol. The third-order valence-corrected chi connectivity index (χ3v) is 15.9. The molecule has 0 aliphatic carbocycles. The summed E-state index contributed by atoms with van der Waals surface area (Å²) in [6.45, 7) is 12.9. The fraction of sp³-hybridized carbons (Fsp3) is 0.167. The van der Waals surface area contributed by atoms with Crippen LogP contribution in [-0.4, -0.2) is 15.8 Å².